The molecule has 0 aliphatic carbocycles. The van der Waals surface area contributed by atoms with Crippen LogP contribution in [0.15, 0.2) is 48.5 Å². The number of carbonyl (C=O) groups is 2. The van der Waals surface area contributed by atoms with Crippen LogP contribution in [0.4, 0.5) is 18.9 Å². The molecule has 3 rings (SSSR count). The molecule has 1 aliphatic rings. The smallest absolute Gasteiger partial charge is 0.405 e. The monoisotopic (exact) mass is 406 g/mol. The topological polar surface area (TPSA) is 76.7 Å². The number of carbonyl (C=O) groups excluding carboxylic acids is 2. The third-order valence-electron chi connectivity index (χ3n) is 3.87. The van der Waals surface area contributed by atoms with Crippen LogP contribution in [0.1, 0.15) is 15.9 Å². The minimum atomic E-state index is -4.53. The summed E-state index contributed by atoms with van der Waals surface area (Å²) in [6.07, 6.45) is -1.74. The second-order valence-electron chi connectivity index (χ2n) is 6.07. The Kier molecular flexibility index (Phi) is 6.06. The Bertz CT molecular complexity index is 942. The summed E-state index contributed by atoms with van der Waals surface area (Å²) in [6.45, 7) is -0.549. The fraction of sp³-hybridized carbons (Fsp3) is 0.200. The first-order chi connectivity index (χ1) is 13.8. The van der Waals surface area contributed by atoms with Crippen molar-refractivity contribution in [3.63, 3.8) is 0 Å². The first kappa shape index (κ1) is 20.2. The van der Waals surface area contributed by atoms with E-state index in [9.17, 15) is 22.8 Å². The van der Waals surface area contributed by atoms with Gasteiger partial charge >= 0.3 is 6.18 Å². The molecule has 1 heterocycles. The molecule has 29 heavy (non-hydrogen) atoms. The highest BCUT2D eigenvalue weighted by atomic mass is 19.4. The van der Waals surface area contributed by atoms with Crippen molar-refractivity contribution in [3.8, 4) is 11.5 Å². The molecule has 0 spiro atoms. The van der Waals surface area contributed by atoms with Crippen LogP contribution in [0.25, 0.3) is 6.08 Å². The molecule has 152 valence electrons. The zero-order valence-electron chi connectivity index (χ0n) is 15.1. The molecule has 0 saturated heterocycles. The largest absolute Gasteiger partial charge is 0.486 e. The van der Waals surface area contributed by atoms with Crippen molar-refractivity contribution < 1.29 is 32.2 Å². The molecule has 0 aromatic heterocycles. The molecular formula is C20H17F3N2O4. The average Bonchev–Trinajstić information content (AvgIpc) is 2.70. The van der Waals surface area contributed by atoms with E-state index in [2.05, 4.69) is 5.32 Å². The Morgan fingerprint density at radius 2 is 1.76 bits per heavy atom. The third-order valence-corrected chi connectivity index (χ3v) is 3.87. The number of alkyl halides is 3. The number of benzene rings is 2. The molecule has 0 fully saturated rings. The van der Waals surface area contributed by atoms with E-state index in [4.69, 9.17) is 9.47 Å². The summed E-state index contributed by atoms with van der Waals surface area (Å²) < 4.78 is 47.8. The molecule has 0 bridgehead atoms. The van der Waals surface area contributed by atoms with Crippen LogP contribution in [0.3, 0.4) is 0 Å². The number of halogens is 3. The van der Waals surface area contributed by atoms with Gasteiger partial charge in [-0.05, 0) is 35.9 Å². The maximum absolute atomic E-state index is 12.3. The molecule has 9 heteroatoms. The van der Waals surface area contributed by atoms with Crippen LogP contribution in [0.2, 0.25) is 0 Å². The number of para-hydroxylation sites is 1. The standard InChI is InChI=1S/C20H17F3N2O4/c21-20(22,23)12-24-19(27)14-3-1-2-4-15(14)25-18(26)8-6-13-5-7-16-17(11-13)29-10-9-28-16/h1-8,11H,9-10,12H2,(H,24,27)(H,25,26). The molecular weight excluding hydrogens is 389 g/mol. The third kappa shape index (κ3) is 5.74. The fourth-order valence-corrected chi connectivity index (χ4v) is 2.58. The molecule has 2 aromatic carbocycles. The van der Waals surface area contributed by atoms with Crippen molar-refractivity contribution >= 4 is 23.6 Å². The minimum Gasteiger partial charge on any atom is -0.486 e. The lowest BCUT2D eigenvalue weighted by molar-refractivity contribution is -0.123. The van der Waals surface area contributed by atoms with Crippen molar-refractivity contribution in [2.75, 3.05) is 25.1 Å². The summed E-state index contributed by atoms with van der Waals surface area (Å²) in [6, 6.07) is 11.0. The number of amides is 2. The van der Waals surface area contributed by atoms with Crippen LogP contribution in [0.5, 0.6) is 11.5 Å². The number of nitrogens with one attached hydrogen (secondary N) is 2. The first-order valence-corrected chi connectivity index (χ1v) is 8.64. The van der Waals surface area contributed by atoms with Gasteiger partial charge in [0.2, 0.25) is 5.91 Å². The van der Waals surface area contributed by atoms with Gasteiger partial charge in [-0.25, -0.2) is 0 Å². The second kappa shape index (κ2) is 8.68. The Morgan fingerprint density at radius 1 is 1.03 bits per heavy atom. The van der Waals surface area contributed by atoms with E-state index < -0.39 is 24.5 Å². The van der Waals surface area contributed by atoms with Gasteiger partial charge in [0.15, 0.2) is 11.5 Å². The Labute approximate surface area is 164 Å². The van der Waals surface area contributed by atoms with Gasteiger partial charge in [0.05, 0.1) is 11.3 Å². The Hall–Kier alpha value is -3.49. The number of hydrogen-bond acceptors (Lipinski definition) is 4. The SMILES string of the molecule is O=C(C=Cc1ccc2c(c1)OCCO2)Nc1ccccc1C(=O)NCC(F)(F)F. The van der Waals surface area contributed by atoms with Crippen molar-refractivity contribution in [2.24, 2.45) is 0 Å². The zero-order chi connectivity index (χ0) is 20.9. The number of fused-ring (bicyclic) bond motifs is 1. The normalized spacial score (nSPS) is 13.2. The van der Waals surface area contributed by atoms with Gasteiger partial charge in [-0.2, -0.15) is 13.2 Å². The molecule has 1 aliphatic heterocycles. The van der Waals surface area contributed by atoms with Gasteiger partial charge in [0.25, 0.3) is 5.91 Å². The van der Waals surface area contributed by atoms with Crippen LogP contribution >= 0.6 is 0 Å². The van der Waals surface area contributed by atoms with Crippen molar-refractivity contribution in [3.05, 3.63) is 59.7 Å². The zero-order valence-corrected chi connectivity index (χ0v) is 15.1. The summed E-state index contributed by atoms with van der Waals surface area (Å²) >= 11 is 0. The lowest BCUT2D eigenvalue weighted by atomic mass is 10.1. The van der Waals surface area contributed by atoms with E-state index in [1.807, 2.05) is 0 Å². The predicted octanol–water partition coefficient (Wildman–Crippen LogP) is 3.40. The van der Waals surface area contributed by atoms with Crippen molar-refractivity contribution in [1.29, 1.82) is 0 Å². The summed E-state index contributed by atoms with van der Waals surface area (Å²) in [4.78, 5) is 24.2. The summed E-state index contributed by atoms with van der Waals surface area (Å²) in [7, 11) is 0. The lowest BCUT2D eigenvalue weighted by Gasteiger charge is -2.18. The second-order valence-corrected chi connectivity index (χ2v) is 6.07. The first-order valence-electron chi connectivity index (χ1n) is 8.64. The van der Waals surface area contributed by atoms with Crippen LogP contribution < -0.4 is 20.1 Å². The lowest BCUT2D eigenvalue weighted by Crippen LogP contribution is -2.34. The quantitative estimate of drug-likeness (QED) is 0.747. The Balaban J connectivity index is 1.66. The molecule has 2 amide bonds. The highest BCUT2D eigenvalue weighted by Gasteiger charge is 2.28. The molecule has 0 saturated carbocycles. The van der Waals surface area contributed by atoms with Gasteiger partial charge in [-0.1, -0.05) is 18.2 Å². The summed E-state index contributed by atoms with van der Waals surface area (Å²) in [5.41, 5.74) is 0.724. The van der Waals surface area contributed by atoms with E-state index in [0.717, 1.165) is 0 Å². The Morgan fingerprint density at radius 3 is 2.52 bits per heavy atom. The van der Waals surface area contributed by atoms with E-state index in [1.54, 1.807) is 35.7 Å². The number of anilines is 1. The van der Waals surface area contributed by atoms with Gasteiger partial charge in [0.1, 0.15) is 19.8 Å². The number of ether oxygens (including phenoxy) is 2. The summed E-state index contributed by atoms with van der Waals surface area (Å²) in [5.74, 6) is -0.285. The van der Waals surface area contributed by atoms with Crippen LogP contribution in [-0.2, 0) is 4.79 Å². The van der Waals surface area contributed by atoms with Gasteiger partial charge in [-0.15, -0.1) is 0 Å². The summed E-state index contributed by atoms with van der Waals surface area (Å²) in [5, 5.41) is 4.28. The molecule has 2 aromatic rings. The maximum Gasteiger partial charge on any atom is 0.405 e. The van der Waals surface area contributed by atoms with Crippen molar-refractivity contribution in [1.82, 2.24) is 5.32 Å². The molecule has 6 nitrogen and oxygen atoms in total. The molecule has 2 N–H and O–H groups in total. The van der Waals surface area contributed by atoms with E-state index in [-0.39, 0.29) is 11.3 Å². The van der Waals surface area contributed by atoms with E-state index in [1.165, 1.54) is 24.3 Å². The van der Waals surface area contributed by atoms with Crippen LogP contribution in [0, 0.1) is 0 Å². The van der Waals surface area contributed by atoms with Crippen LogP contribution in [-0.4, -0.2) is 37.7 Å². The van der Waals surface area contributed by atoms with Gasteiger partial charge < -0.3 is 20.1 Å². The minimum absolute atomic E-state index is 0.0715. The number of rotatable bonds is 5. The fourth-order valence-electron chi connectivity index (χ4n) is 2.58. The molecule has 0 unspecified atom stereocenters. The predicted molar refractivity (Wildman–Crippen MR) is 99.9 cm³/mol. The van der Waals surface area contributed by atoms with Crippen molar-refractivity contribution in [2.45, 2.75) is 6.18 Å². The van der Waals surface area contributed by atoms with Gasteiger partial charge in [-0.3, -0.25) is 9.59 Å². The van der Waals surface area contributed by atoms with E-state index >= 15 is 0 Å². The average molecular weight is 406 g/mol. The maximum atomic E-state index is 12.3. The van der Waals surface area contributed by atoms with E-state index in [0.29, 0.717) is 30.3 Å². The molecule has 0 atom stereocenters. The van der Waals surface area contributed by atoms with Gasteiger partial charge in [0, 0.05) is 6.08 Å². The highest BCUT2D eigenvalue weighted by Crippen LogP contribution is 2.31. The number of hydrogen-bond donors (Lipinski definition) is 2. The molecule has 0 radical (unpaired) electrons. The highest BCUT2D eigenvalue weighted by molar-refractivity contribution is 6.07.